The van der Waals surface area contributed by atoms with Crippen molar-refractivity contribution in [1.82, 2.24) is 9.66 Å². The molecular formula is C32H22Cl2N6O7S. The third kappa shape index (κ3) is 5.88. The third-order valence-electron chi connectivity index (χ3n) is 7.27. The van der Waals surface area contributed by atoms with Gasteiger partial charge in [-0.05, 0) is 37.3 Å². The van der Waals surface area contributed by atoms with Gasteiger partial charge in [0.05, 0.1) is 43.6 Å². The fourth-order valence-electron chi connectivity index (χ4n) is 5.03. The lowest BCUT2D eigenvalue weighted by molar-refractivity contribution is -0.384. The number of carbonyl (C=O) groups is 1. The molecule has 4 aromatic carbocycles. The number of hydrogen-bond donors (Lipinski definition) is 1. The van der Waals surface area contributed by atoms with Crippen molar-refractivity contribution in [2.45, 2.75) is 11.8 Å². The Balaban J connectivity index is 1.47. The summed E-state index contributed by atoms with van der Waals surface area (Å²) in [5.41, 5.74) is -0.191. The summed E-state index contributed by atoms with van der Waals surface area (Å²) in [4.78, 5) is 47.4. The van der Waals surface area contributed by atoms with Gasteiger partial charge in [-0.1, -0.05) is 71.7 Å². The Labute approximate surface area is 282 Å². The Hall–Kier alpha value is -5.57. The maximum Gasteiger partial charge on any atom is 0.297 e. The minimum absolute atomic E-state index is 0.0159. The zero-order valence-electron chi connectivity index (χ0n) is 24.9. The number of amides is 1. The summed E-state index contributed by atoms with van der Waals surface area (Å²) < 4.78 is 35.6. The third-order valence-corrected chi connectivity index (χ3v) is 9.21. The number of non-ortho nitro benzene ring substituents is 1. The van der Waals surface area contributed by atoms with Gasteiger partial charge in [-0.15, -0.1) is 0 Å². The summed E-state index contributed by atoms with van der Waals surface area (Å²) in [6.07, 6.45) is 1.55. The molecule has 1 amide bonds. The Kier molecular flexibility index (Phi) is 8.47. The van der Waals surface area contributed by atoms with Crippen molar-refractivity contribution in [2.24, 2.45) is 4.99 Å². The molecule has 2 heterocycles. The number of carbonyl (C=O) groups excluding carboxylic acids is 1. The largest absolute Gasteiger partial charge is 0.496 e. The Morgan fingerprint density at radius 2 is 1.62 bits per heavy atom. The van der Waals surface area contributed by atoms with Crippen LogP contribution >= 0.6 is 23.2 Å². The highest BCUT2D eigenvalue weighted by molar-refractivity contribution is 7.92. The number of halogens is 2. The van der Waals surface area contributed by atoms with E-state index in [1.54, 1.807) is 60.7 Å². The lowest BCUT2D eigenvalue weighted by Gasteiger charge is -2.22. The van der Waals surface area contributed by atoms with Gasteiger partial charge < -0.3 is 4.74 Å². The number of nitrogens with one attached hydrogen (secondary N) is 1. The predicted molar refractivity (Wildman–Crippen MR) is 182 cm³/mol. The van der Waals surface area contributed by atoms with Crippen LogP contribution in [0.4, 0.5) is 11.4 Å². The number of nitro groups is 1. The summed E-state index contributed by atoms with van der Waals surface area (Å²) >= 11 is 12.2. The molecule has 0 spiro atoms. The molecule has 13 nitrogen and oxygen atoms in total. The second kappa shape index (κ2) is 12.6. The molecular weight excluding hydrogens is 683 g/mol. The fraction of sp³-hybridized carbons (Fsp3) is 0.0625. The average Bonchev–Trinajstić information content (AvgIpc) is 3.38. The first-order valence-corrected chi connectivity index (χ1v) is 16.2. The summed E-state index contributed by atoms with van der Waals surface area (Å²) in [5, 5.41) is 11.5. The molecule has 242 valence electrons. The van der Waals surface area contributed by atoms with E-state index in [0.717, 1.165) is 27.9 Å². The van der Waals surface area contributed by atoms with Gasteiger partial charge >= 0.3 is 0 Å². The van der Waals surface area contributed by atoms with Gasteiger partial charge in [0.2, 0.25) is 0 Å². The number of nitro benzene ring substituents is 1. The summed E-state index contributed by atoms with van der Waals surface area (Å²) in [6, 6.07) is 21.4. The number of hydrogen-bond acceptors (Lipinski definition) is 9. The maximum absolute atomic E-state index is 14.2. The first-order valence-electron chi connectivity index (χ1n) is 13.9. The van der Waals surface area contributed by atoms with Crippen molar-refractivity contribution < 1.29 is 22.9 Å². The topological polar surface area (TPSA) is 166 Å². The van der Waals surface area contributed by atoms with Gasteiger partial charge in [0.15, 0.2) is 5.84 Å². The number of aromatic nitrogens is 2. The van der Waals surface area contributed by atoms with Crippen LogP contribution in [0.5, 0.6) is 5.75 Å². The van der Waals surface area contributed by atoms with Crippen molar-refractivity contribution >= 4 is 73.3 Å². The van der Waals surface area contributed by atoms with Crippen molar-refractivity contribution in [3.8, 4) is 5.75 Å². The van der Waals surface area contributed by atoms with Crippen molar-refractivity contribution in [2.75, 3.05) is 16.8 Å². The number of para-hydroxylation sites is 1. The van der Waals surface area contributed by atoms with Crippen LogP contribution in [-0.2, 0) is 14.8 Å². The maximum atomic E-state index is 14.2. The van der Waals surface area contributed by atoms with Crippen molar-refractivity contribution in [3.63, 3.8) is 0 Å². The van der Waals surface area contributed by atoms with Crippen LogP contribution in [0, 0.1) is 17.0 Å². The summed E-state index contributed by atoms with van der Waals surface area (Å²) in [6.45, 7) is 1.53. The van der Waals surface area contributed by atoms with E-state index in [0.29, 0.717) is 16.9 Å². The molecule has 0 saturated heterocycles. The molecule has 1 N–H and O–H groups in total. The predicted octanol–water partition coefficient (Wildman–Crippen LogP) is 5.70. The number of aryl methyl sites for hydroxylation is 1. The number of fused-ring (bicyclic) bond motifs is 1. The molecule has 0 unspecified atom stereocenters. The van der Waals surface area contributed by atoms with E-state index < -0.39 is 32.1 Å². The van der Waals surface area contributed by atoms with Crippen LogP contribution in [0.2, 0.25) is 10.0 Å². The molecule has 1 aromatic heterocycles. The first kappa shape index (κ1) is 32.4. The zero-order valence-corrected chi connectivity index (χ0v) is 27.2. The van der Waals surface area contributed by atoms with Crippen molar-refractivity contribution in [3.05, 3.63) is 138 Å². The van der Waals surface area contributed by atoms with Crippen LogP contribution in [0.15, 0.2) is 105 Å². The van der Waals surface area contributed by atoms with E-state index in [1.807, 2.05) is 0 Å². The van der Waals surface area contributed by atoms with Gasteiger partial charge in [-0.2, -0.15) is 9.69 Å². The van der Waals surface area contributed by atoms with E-state index in [-0.39, 0.29) is 48.9 Å². The SMILES string of the molecule is COc1ccccc1/C=C1\N=C(c2ccccc2)N(n2c(C)nc3ccc(S(=O)(=O)Nc4c(Cl)cc([N+](=O)[O-])cc4Cl)cc3c2=O)C1=O. The quantitative estimate of drug-likeness (QED) is 0.122. The highest BCUT2D eigenvalue weighted by Crippen LogP contribution is 2.36. The Bertz CT molecular complexity index is 2370. The van der Waals surface area contributed by atoms with E-state index >= 15 is 0 Å². The number of aliphatic imine (C=N–C) groups is 1. The first-order chi connectivity index (χ1) is 22.9. The number of sulfonamides is 1. The van der Waals surface area contributed by atoms with E-state index in [1.165, 1.54) is 26.2 Å². The zero-order chi connectivity index (χ0) is 34.3. The second-order valence-electron chi connectivity index (χ2n) is 10.3. The molecule has 16 heteroatoms. The lowest BCUT2D eigenvalue weighted by atomic mass is 10.1. The van der Waals surface area contributed by atoms with Crippen LogP contribution in [-0.4, -0.2) is 41.9 Å². The number of methoxy groups -OCH3 is 1. The lowest BCUT2D eigenvalue weighted by Crippen LogP contribution is -2.49. The average molecular weight is 706 g/mol. The normalized spacial score (nSPS) is 14.0. The van der Waals surface area contributed by atoms with Gasteiger partial charge in [0, 0.05) is 23.3 Å². The van der Waals surface area contributed by atoms with Crippen LogP contribution in [0.3, 0.4) is 0 Å². The molecule has 1 aliphatic heterocycles. The van der Waals surface area contributed by atoms with Gasteiger partial charge in [0.1, 0.15) is 17.3 Å². The highest BCUT2D eigenvalue weighted by Gasteiger charge is 2.35. The Morgan fingerprint density at radius 3 is 2.29 bits per heavy atom. The smallest absolute Gasteiger partial charge is 0.297 e. The molecule has 0 aliphatic carbocycles. The minimum Gasteiger partial charge on any atom is -0.496 e. The fourth-order valence-corrected chi connectivity index (χ4v) is 6.83. The number of benzene rings is 4. The standard InChI is InChI=1S/C32H22Cl2N6O7S/c1-18-35-26-13-12-22(48(45,46)37-29-24(33)15-21(40(43)44)16-25(29)34)17-23(26)31(41)38(18)39-30(19-8-4-3-5-9-19)36-27(32(39)42)14-20-10-6-7-11-28(20)47-2/h3-17,37H,1-2H3/b27-14-. The molecule has 0 bridgehead atoms. The molecule has 0 saturated carbocycles. The molecule has 6 rings (SSSR count). The highest BCUT2D eigenvalue weighted by atomic mass is 35.5. The van der Waals surface area contributed by atoms with Crippen molar-refractivity contribution in [1.29, 1.82) is 0 Å². The Morgan fingerprint density at radius 1 is 0.958 bits per heavy atom. The molecule has 0 atom stereocenters. The number of ether oxygens (including phenoxy) is 1. The second-order valence-corrected chi connectivity index (χ2v) is 12.8. The van der Waals surface area contributed by atoms with Gasteiger partial charge in [-0.25, -0.2) is 18.4 Å². The molecule has 0 radical (unpaired) electrons. The molecule has 0 fully saturated rings. The summed E-state index contributed by atoms with van der Waals surface area (Å²) in [5.74, 6) is 0.133. The minimum atomic E-state index is -4.45. The van der Waals surface area contributed by atoms with Crippen LogP contribution in [0.1, 0.15) is 17.0 Å². The molecule has 1 aliphatic rings. The van der Waals surface area contributed by atoms with Gasteiger partial charge in [-0.3, -0.25) is 24.4 Å². The van der Waals surface area contributed by atoms with Gasteiger partial charge in [0.25, 0.3) is 27.2 Å². The number of nitrogens with zero attached hydrogens (tertiary/aromatic N) is 5. The van der Waals surface area contributed by atoms with E-state index in [2.05, 4.69) is 14.7 Å². The summed E-state index contributed by atoms with van der Waals surface area (Å²) in [7, 11) is -2.94. The van der Waals surface area contributed by atoms with Crippen LogP contribution < -0.4 is 20.0 Å². The monoisotopic (exact) mass is 704 g/mol. The van der Waals surface area contributed by atoms with Crippen LogP contribution in [0.25, 0.3) is 17.0 Å². The number of rotatable bonds is 8. The molecule has 5 aromatic rings. The number of amidine groups is 1. The van der Waals surface area contributed by atoms with E-state index in [9.17, 15) is 28.1 Å². The van der Waals surface area contributed by atoms with E-state index in [4.69, 9.17) is 27.9 Å². The molecule has 48 heavy (non-hydrogen) atoms. The number of anilines is 1.